The van der Waals surface area contributed by atoms with Crippen molar-refractivity contribution in [2.75, 3.05) is 13.1 Å². The number of morpholine rings is 1. The molecule has 2 saturated heterocycles. The van der Waals surface area contributed by atoms with Gasteiger partial charge < -0.3 is 4.74 Å². The molecule has 20 heavy (non-hydrogen) atoms. The van der Waals surface area contributed by atoms with Crippen LogP contribution in [0.4, 0.5) is 5.69 Å². The molecule has 1 aromatic heterocycles. The van der Waals surface area contributed by atoms with E-state index >= 15 is 0 Å². The second-order valence-electron chi connectivity index (χ2n) is 4.76. The number of fused-ring (bicyclic) bond motifs is 2. The summed E-state index contributed by atoms with van der Waals surface area (Å²) in [5, 5.41) is 10.8. The molecule has 10 heteroatoms. The van der Waals surface area contributed by atoms with E-state index < -0.39 is 14.9 Å². The molecule has 3 heterocycles. The highest BCUT2D eigenvalue weighted by Gasteiger charge is 2.40. The van der Waals surface area contributed by atoms with Crippen LogP contribution in [0, 0.1) is 10.1 Å². The second-order valence-corrected chi connectivity index (χ2v) is 8.58. The molecule has 2 atom stereocenters. The molecule has 2 bridgehead atoms. The number of hydrogen-bond acceptors (Lipinski definition) is 6. The lowest BCUT2D eigenvalue weighted by Crippen LogP contribution is -2.45. The summed E-state index contributed by atoms with van der Waals surface area (Å²) in [6.07, 6.45) is 1.55. The zero-order valence-corrected chi connectivity index (χ0v) is 12.6. The minimum Gasteiger partial charge on any atom is -0.372 e. The Labute approximate surface area is 124 Å². The molecular formula is C10H11ClN2O5S2. The van der Waals surface area contributed by atoms with Gasteiger partial charge in [-0.15, -0.1) is 11.3 Å². The maximum atomic E-state index is 12.5. The van der Waals surface area contributed by atoms with Gasteiger partial charge >= 0.3 is 0 Å². The van der Waals surface area contributed by atoms with Crippen molar-refractivity contribution in [3.05, 3.63) is 20.5 Å². The number of nitro groups is 1. The van der Waals surface area contributed by atoms with Gasteiger partial charge in [-0.3, -0.25) is 10.1 Å². The van der Waals surface area contributed by atoms with Crippen molar-refractivity contribution < 1.29 is 18.1 Å². The van der Waals surface area contributed by atoms with Crippen LogP contribution in [0.15, 0.2) is 10.3 Å². The number of ether oxygens (including phenoxy) is 1. The van der Waals surface area contributed by atoms with E-state index in [1.165, 1.54) is 4.31 Å². The Morgan fingerprint density at radius 3 is 2.50 bits per heavy atom. The van der Waals surface area contributed by atoms with E-state index in [9.17, 15) is 18.5 Å². The summed E-state index contributed by atoms with van der Waals surface area (Å²) in [6.45, 7) is 0.588. The van der Waals surface area contributed by atoms with Crippen LogP contribution in [0.5, 0.6) is 0 Å². The first kappa shape index (κ1) is 14.2. The highest BCUT2D eigenvalue weighted by atomic mass is 35.5. The molecule has 3 rings (SSSR count). The molecular weight excluding hydrogens is 328 g/mol. The fraction of sp³-hybridized carbons (Fsp3) is 0.600. The highest BCUT2D eigenvalue weighted by Crippen LogP contribution is 2.39. The summed E-state index contributed by atoms with van der Waals surface area (Å²) < 4.78 is 31.7. The molecule has 2 fully saturated rings. The average Bonchev–Trinajstić information content (AvgIpc) is 2.93. The van der Waals surface area contributed by atoms with Crippen LogP contribution in [-0.4, -0.2) is 42.9 Å². The lowest BCUT2D eigenvalue weighted by molar-refractivity contribution is -0.384. The molecule has 0 radical (unpaired) electrons. The molecule has 2 aliphatic heterocycles. The van der Waals surface area contributed by atoms with Gasteiger partial charge in [0.1, 0.15) is 4.21 Å². The van der Waals surface area contributed by atoms with Gasteiger partial charge in [0.15, 0.2) is 4.34 Å². The maximum absolute atomic E-state index is 12.5. The summed E-state index contributed by atoms with van der Waals surface area (Å²) in [5.74, 6) is 0. The topological polar surface area (TPSA) is 89.8 Å². The smallest absolute Gasteiger partial charge is 0.300 e. The zero-order valence-electron chi connectivity index (χ0n) is 10.2. The second kappa shape index (κ2) is 4.92. The van der Waals surface area contributed by atoms with E-state index in [4.69, 9.17) is 16.3 Å². The van der Waals surface area contributed by atoms with Crippen molar-refractivity contribution in [2.24, 2.45) is 0 Å². The fourth-order valence-electron chi connectivity index (χ4n) is 2.49. The number of nitrogens with zero attached hydrogens (tertiary/aromatic N) is 2. The first-order valence-corrected chi connectivity index (χ1v) is 8.60. The van der Waals surface area contributed by atoms with Crippen molar-refractivity contribution in [3.63, 3.8) is 0 Å². The third kappa shape index (κ3) is 2.33. The van der Waals surface area contributed by atoms with Crippen molar-refractivity contribution in [3.8, 4) is 0 Å². The molecule has 1 aromatic rings. The van der Waals surface area contributed by atoms with Crippen molar-refractivity contribution in [1.82, 2.24) is 4.31 Å². The molecule has 7 nitrogen and oxygen atoms in total. The summed E-state index contributed by atoms with van der Waals surface area (Å²) in [5.41, 5.74) is -0.369. The summed E-state index contributed by atoms with van der Waals surface area (Å²) >= 11 is 6.44. The summed E-state index contributed by atoms with van der Waals surface area (Å²) in [6, 6.07) is 1.03. The van der Waals surface area contributed by atoms with Crippen LogP contribution < -0.4 is 0 Å². The zero-order chi connectivity index (χ0) is 14.5. The van der Waals surface area contributed by atoms with Gasteiger partial charge in [0.25, 0.3) is 15.7 Å². The van der Waals surface area contributed by atoms with Gasteiger partial charge in [-0.1, -0.05) is 11.6 Å². The molecule has 0 amide bonds. The molecule has 0 aliphatic carbocycles. The number of thiophene rings is 1. The predicted molar refractivity (Wildman–Crippen MR) is 72.6 cm³/mol. The van der Waals surface area contributed by atoms with Crippen LogP contribution in [0.25, 0.3) is 0 Å². The lowest BCUT2D eigenvalue weighted by atomic mass is 10.2. The van der Waals surface area contributed by atoms with Crippen LogP contribution in [0.1, 0.15) is 12.8 Å². The molecule has 0 saturated carbocycles. The van der Waals surface area contributed by atoms with E-state index in [0.29, 0.717) is 13.1 Å². The quantitative estimate of drug-likeness (QED) is 0.620. The Balaban J connectivity index is 1.92. The molecule has 0 aromatic carbocycles. The predicted octanol–water partition coefficient (Wildman–Crippen LogP) is 1.86. The van der Waals surface area contributed by atoms with Crippen LogP contribution >= 0.6 is 22.9 Å². The van der Waals surface area contributed by atoms with Gasteiger partial charge in [-0.25, -0.2) is 8.42 Å². The first-order chi connectivity index (χ1) is 9.38. The van der Waals surface area contributed by atoms with Gasteiger partial charge in [0.2, 0.25) is 0 Å². The third-order valence-electron chi connectivity index (χ3n) is 3.45. The Morgan fingerprint density at radius 1 is 1.40 bits per heavy atom. The molecule has 110 valence electrons. The SMILES string of the molecule is O=[N+]([O-])c1cc(S(=O)(=O)N2CC3CCC(C2)O3)sc1Cl. The third-order valence-corrected chi connectivity index (χ3v) is 7.07. The molecule has 0 spiro atoms. The minimum atomic E-state index is -3.74. The number of rotatable bonds is 3. The number of halogens is 1. The maximum Gasteiger partial charge on any atom is 0.300 e. The summed E-state index contributed by atoms with van der Waals surface area (Å²) in [7, 11) is -3.74. The van der Waals surface area contributed by atoms with Gasteiger partial charge in [0, 0.05) is 19.2 Å². The van der Waals surface area contributed by atoms with Gasteiger partial charge in [-0.05, 0) is 12.8 Å². The largest absolute Gasteiger partial charge is 0.372 e. The fourth-order valence-corrected chi connectivity index (χ4v) is 5.81. The Hall–Kier alpha value is -0.740. The van der Waals surface area contributed by atoms with Crippen molar-refractivity contribution >= 4 is 38.6 Å². The van der Waals surface area contributed by atoms with E-state index in [0.717, 1.165) is 30.2 Å². The standard InChI is InChI=1S/C10H11ClN2O5S2/c11-10-8(13(14)15)3-9(19-10)20(16,17)12-4-6-1-2-7(5-12)18-6/h3,6-7H,1-2,4-5H2. The van der Waals surface area contributed by atoms with E-state index in [2.05, 4.69) is 0 Å². The minimum absolute atomic E-state index is 0.0751. The molecule has 2 unspecified atom stereocenters. The van der Waals surface area contributed by atoms with Gasteiger partial charge in [0.05, 0.1) is 17.1 Å². The van der Waals surface area contributed by atoms with E-state index in [1.807, 2.05) is 0 Å². The van der Waals surface area contributed by atoms with E-state index in [-0.39, 0.29) is 26.4 Å². The lowest BCUT2D eigenvalue weighted by Gasteiger charge is -2.30. The average molecular weight is 339 g/mol. The molecule has 2 aliphatic rings. The number of hydrogen-bond donors (Lipinski definition) is 0. The Kier molecular flexibility index (Phi) is 3.49. The normalized spacial score (nSPS) is 26.9. The van der Waals surface area contributed by atoms with Crippen LogP contribution in [0.2, 0.25) is 4.34 Å². The first-order valence-electron chi connectivity index (χ1n) is 5.97. The van der Waals surface area contributed by atoms with Crippen LogP contribution in [-0.2, 0) is 14.8 Å². The summed E-state index contributed by atoms with van der Waals surface area (Å²) in [4.78, 5) is 10.1. The Morgan fingerprint density at radius 2 is 2.00 bits per heavy atom. The Bertz CT molecular complexity index is 647. The monoisotopic (exact) mass is 338 g/mol. The van der Waals surface area contributed by atoms with Crippen molar-refractivity contribution in [1.29, 1.82) is 0 Å². The van der Waals surface area contributed by atoms with Crippen molar-refractivity contribution in [2.45, 2.75) is 29.3 Å². The highest BCUT2D eigenvalue weighted by molar-refractivity contribution is 7.91. The number of sulfonamides is 1. The van der Waals surface area contributed by atoms with Crippen LogP contribution in [0.3, 0.4) is 0 Å². The van der Waals surface area contributed by atoms with Gasteiger partial charge in [-0.2, -0.15) is 4.31 Å². The molecule has 0 N–H and O–H groups in total. The van der Waals surface area contributed by atoms with E-state index in [1.54, 1.807) is 0 Å².